The van der Waals surface area contributed by atoms with Crippen molar-refractivity contribution in [2.24, 2.45) is 5.41 Å². The first-order valence-corrected chi connectivity index (χ1v) is 12.3. The van der Waals surface area contributed by atoms with Gasteiger partial charge in [-0.2, -0.15) is 0 Å². The summed E-state index contributed by atoms with van der Waals surface area (Å²) in [6, 6.07) is 0.574. The topological polar surface area (TPSA) is 55.8 Å². The first kappa shape index (κ1) is 26.4. The van der Waals surface area contributed by atoms with Crippen molar-refractivity contribution in [3.63, 3.8) is 0 Å². The summed E-state index contributed by atoms with van der Waals surface area (Å²) >= 11 is 2.62. The number of thioether (sulfide) groups is 2. The molecule has 1 atom stereocenters. The summed E-state index contributed by atoms with van der Waals surface area (Å²) in [6.45, 7) is 17.1. The zero-order valence-electron chi connectivity index (χ0n) is 17.5. The maximum absolute atomic E-state index is 12.0. The Balaban J connectivity index is 4.58. The minimum atomic E-state index is -1.21. The maximum atomic E-state index is 12.0. The van der Waals surface area contributed by atoms with E-state index in [4.69, 9.17) is 9.05 Å². The molecule has 0 rings (SSSR count). The molecule has 0 saturated heterocycles. The van der Waals surface area contributed by atoms with Crippen molar-refractivity contribution in [1.29, 1.82) is 0 Å². The van der Waals surface area contributed by atoms with Crippen LogP contribution in [-0.2, 0) is 18.6 Å². The van der Waals surface area contributed by atoms with Crippen molar-refractivity contribution in [3.8, 4) is 0 Å². The highest BCUT2D eigenvalue weighted by Gasteiger charge is 2.27. The zero-order chi connectivity index (χ0) is 20.3. The lowest BCUT2D eigenvalue weighted by Crippen LogP contribution is -2.34. The highest BCUT2D eigenvalue weighted by Crippen LogP contribution is 2.46. The predicted octanol–water partition coefficient (Wildman–Crippen LogP) is 5.34. The maximum Gasteiger partial charge on any atom is 0.259 e. The summed E-state index contributed by atoms with van der Waals surface area (Å²) < 4.78 is 14.2. The molecule has 0 fully saturated rings. The minimum Gasteiger partial charge on any atom is -0.321 e. The quantitative estimate of drug-likeness (QED) is 0.309. The molecule has 0 aromatic heterocycles. The molecule has 0 aliphatic heterocycles. The Morgan fingerprint density at radius 2 is 1.42 bits per heavy atom. The summed E-state index contributed by atoms with van der Waals surface area (Å²) in [4.78, 5) is 23.4. The first-order valence-electron chi connectivity index (χ1n) is 9.17. The molecule has 8 heteroatoms. The lowest BCUT2D eigenvalue weighted by Gasteiger charge is -2.35. The van der Waals surface area contributed by atoms with Crippen LogP contribution in [0.25, 0.3) is 0 Å². The smallest absolute Gasteiger partial charge is 0.259 e. The molecule has 0 bridgehead atoms. The van der Waals surface area contributed by atoms with Gasteiger partial charge in [-0.25, -0.2) is 4.67 Å². The fourth-order valence-corrected chi connectivity index (χ4v) is 5.20. The van der Waals surface area contributed by atoms with E-state index < -0.39 is 8.53 Å². The van der Waals surface area contributed by atoms with Gasteiger partial charge in [0.05, 0.1) is 13.2 Å². The molecule has 0 spiro atoms. The average Bonchev–Trinajstić information content (AvgIpc) is 2.52. The van der Waals surface area contributed by atoms with Gasteiger partial charge in [-0.3, -0.25) is 9.59 Å². The van der Waals surface area contributed by atoms with Crippen LogP contribution in [-0.4, -0.2) is 51.7 Å². The predicted molar refractivity (Wildman–Crippen MR) is 116 cm³/mol. The molecule has 0 amide bonds. The van der Waals surface area contributed by atoms with E-state index in [1.807, 2.05) is 27.7 Å². The fourth-order valence-electron chi connectivity index (χ4n) is 1.98. The third-order valence-corrected chi connectivity index (χ3v) is 7.55. The number of carbonyl (C=O) groups excluding carboxylic acids is 2. The number of carbonyl (C=O) groups is 2. The van der Waals surface area contributed by atoms with E-state index in [0.717, 1.165) is 0 Å². The fraction of sp³-hybridized carbons (Fsp3) is 0.889. The van der Waals surface area contributed by atoms with Crippen molar-refractivity contribution in [2.75, 3.05) is 24.7 Å². The number of rotatable bonds is 12. The molecule has 26 heavy (non-hydrogen) atoms. The van der Waals surface area contributed by atoms with Gasteiger partial charge in [0.1, 0.15) is 0 Å². The SMILES string of the molecule is CCC(=O)SCCOP(OCCSC(=O)C(C)(C)C)N(C(C)C)C(C)C. The van der Waals surface area contributed by atoms with Gasteiger partial charge in [0, 0.05) is 35.4 Å². The summed E-state index contributed by atoms with van der Waals surface area (Å²) in [5.74, 6) is 1.25. The Kier molecular flexibility index (Phi) is 13.7. The molecule has 5 nitrogen and oxygen atoms in total. The molecule has 0 heterocycles. The van der Waals surface area contributed by atoms with Gasteiger partial charge in [-0.05, 0) is 27.7 Å². The van der Waals surface area contributed by atoms with Gasteiger partial charge < -0.3 is 9.05 Å². The first-order chi connectivity index (χ1) is 12.0. The van der Waals surface area contributed by atoms with Crippen LogP contribution < -0.4 is 0 Å². The van der Waals surface area contributed by atoms with Crippen LogP contribution >= 0.6 is 32.0 Å². The summed E-state index contributed by atoms with van der Waals surface area (Å²) in [5.41, 5.74) is -0.336. The summed E-state index contributed by atoms with van der Waals surface area (Å²) in [5, 5.41) is 0.353. The van der Waals surface area contributed by atoms with Gasteiger partial charge in [-0.1, -0.05) is 51.2 Å². The van der Waals surface area contributed by atoms with Crippen molar-refractivity contribution in [2.45, 2.75) is 73.9 Å². The Bertz CT molecular complexity index is 420. The van der Waals surface area contributed by atoms with E-state index in [-0.39, 0.29) is 27.7 Å². The Morgan fingerprint density at radius 1 is 0.962 bits per heavy atom. The lowest BCUT2D eigenvalue weighted by molar-refractivity contribution is -0.117. The average molecular weight is 426 g/mol. The molecular weight excluding hydrogens is 389 g/mol. The molecule has 0 N–H and O–H groups in total. The van der Waals surface area contributed by atoms with Crippen LogP contribution in [0.15, 0.2) is 0 Å². The van der Waals surface area contributed by atoms with E-state index in [1.54, 1.807) is 0 Å². The van der Waals surface area contributed by atoms with Crippen molar-refractivity contribution >= 4 is 42.3 Å². The van der Waals surface area contributed by atoms with Crippen molar-refractivity contribution in [1.82, 2.24) is 4.67 Å². The Labute approximate surface area is 169 Å². The second-order valence-corrected chi connectivity index (χ2v) is 11.1. The van der Waals surface area contributed by atoms with Crippen LogP contribution in [0.3, 0.4) is 0 Å². The van der Waals surface area contributed by atoms with E-state index in [9.17, 15) is 9.59 Å². The zero-order valence-corrected chi connectivity index (χ0v) is 20.1. The third kappa shape index (κ3) is 11.3. The number of hydrogen-bond acceptors (Lipinski definition) is 7. The second kappa shape index (κ2) is 13.5. The largest absolute Gasteiger partial charge is 0.321 e. The van der Waals surface area contributed by atoms with E-state index in [0.29, 0.717) is 31.1 Å². The van der Waals surface area contributed by atoms with E-state index in [2.05, 4.69) is 32.4 Å². The van der Waals surface area contributed by atoms with Gasteiger partial charge in [0.15, 0.2) is 10.2 Å². The molecule has 0 aromatic carbocycles. The van der Waals surface area contributed by atoms with Crippen LogP contribution in [0, 0.1) is 5.41 Å². The molecule has 1 unspecified atom stereocenters. The van der Waals surface area contributed by atoms with Crippen molar-refractivity contribution in [3.05, 3.63) is 0 Å². The third-order valence-electron chi connectivity index (χ3n) is 3.21. The minimum absolute atomic E-state index is 0.172. The number of nitrogens with zero attached hydrogens (tertiary/aromatic N) is 1. The highest BCUT2D eigenvalue weighted by molar-refractivity contribution is 8.13. The highest BCUT2D eigenvalue weighted by atomic mass is 32.2. The molecular formula is C18H36NO4PS2. The van der Waals surface area contributed by atoms with Crippen LogP contribution in [0.5, 0.6) is 0 Å². The molecule has 154 valence electrons. The van der Waals surface area contributed by atoms with Gasteiger partial charge in [-0.15, -0.1) is 0 Å². The van der Waals surface area contributed by atoms with Gasteiger partial charge in [0.25, 0.3) is 8.53 Å². The van der Waals surface area contributed by atoms with Crippen LogP contribution in [0.4, 0.5) is 0 Å². The van der Waals surface area contributed by atoms with Crippen LogP contribution in [0.2, 0.25) is 0 Å². The standard InChI is InChI=1S/C18H36NO4PS2/c1-9-16(20)25-12-10-22-24(19(14(2)3)15(4)5)23-11-13-26-17(21)18(6,7)8/h14-15H,9-13H2,1-8H3. The molecule has 0 aromatic rings. The lowest BCUT2D eigenvalue weighted by atomic mass is 10.00. The Morgan fingerprint density at radius 3 is 1.81 bits per heavy atom. The number of hydrogen-bond donors (Lipinski definition) is 0. The molecule has 0 aliphatic rings. The molecule has 0 saturated carbocycles. The summed E-state index contributed by atoms with van der Waals surface area (Å²) in [6.07, 6.45) is 0.541. The second-order valence-electron chi connectivity index (χ2n) is 7.43. The summed E-state index contributed by atoms with van der Waals surface area (Å²) in [7, 11) is -1.21. The molecule has 0 aliphatic carbocycles. The van der Waals surface area contributed by atoms with Gasteiger partial charge in [0.2, 0.25) is 0 Å². The monoisotopic (exact) mass is 425 g/mol. The van der Waals surface area contributed by atoms with Crippen LogP contribution in [0.1, 0.15) is 61.8 Å². The van der Waals surface area contributed by atoms with Crippen molar-refractivity contribution < 1.29 is 18.6 Å². The van der Waals surface area contributed by atoms with Gasteiger partial charge >= 0.3 is 0 Å². The van der Waals surface area contributed by atoms with E-state index in [1.165, 1.54) is 23.5 Å². The molecule has 0 radical (unpaired) electrons. The Hall–Kier alpha value is 0.350. The normalized spacial score (nSPS) is 13.7. The van der Waals surface area contributed by atoms with E-state index >= 15 is 0 Å².